The summed E-state index contributed by atoms with van der Waals surface area (Å²) in [5, 5.41) is 0. The minimum absolute atomic E-state index is 0.556. The highest BCUT2D eigenvalue weighted by molar-refractivity contribution is 5.32. The van der Waals surface area contributed by atoms with Crippen LogP contribution in [0.15, 0.2) is 9.98 Å². The van der Waals surface area contributed by atoms with Crippen LogP contribution in [0.4, 0.5) is 0 Å². The van der Waals surface area contributed by atoms with Crippen LogP contribution >= 0.6 is 0 Å². The Labute approximate surface area is 147 Å². The van der Waals surface area contributed by atoms with Crippen LogP contribution in [0.2, 0.25) is 0 Å². The fourth-order valence-corrected chi connectivity index (χ4v) is 4.04. The van der Waals surface area contributed by atoms with E-state index in [0.717, 1.165) is 37.5 Å². The lowest BCUT2D eigenvalue weighted by Gasteiger charge is -2.32. The van der Waals surface area contributed by atoms with Crippen LogP contribution in [0.5, 0.6) is 0 Å². The van der Waals surface area contributed by atoms with Gasteiger partial charge in [0.05, 0.1) is 13.1 Å². The zero-order chi connectivity index (χ0) is 17.3. The van der Waals surface area contributed by atoms with E-state index < -0.39 is 0 Å². The SMILES string of the molecule is C1CCC(C2CCCCC2)CC1.O=C=NCCCCCCN=C=O. The topological polar surface area (TPSA) is 58.9 Å². The molecule has 2 saturated carbocycles. The molecule has 0 aromatic rings. The number of nitrogens with zero attached hydrogens (tertiary/aromatic N) is 2. The number of carbonyl (C=O) groups excluding carboxylic acids is 2. The van der Waals surface area contributed by atoms with Gasteiger partial charge in [0, 0.05) is 0 Å². The summed E-state index contributed by atoms with van der Waals surface area (Å²) < 4.78 is 0. The third-order valence-electron chi connectivity index (χ3n) is 5.39. The molecule has 0 saturated heterocycles. The van der Waals surface area contributed by atoms with Crippen LogP contribution in [-0.4, -0.2) is 25.2 Å². The molecule has 0 spiro atoms. The molecular weight excluding hydrogens is 300 g/mol. The van der Waals surface area contributed by atoms with Gasteiger partial charge in [-0.25, -0.2) is 19.6 Å². The van der Waals surface area contributed by atoms with Crippen LogP contribution in [0.25, 0.3) is 0 Å². The number of aliphatic imine (C=N–C) groups is 2. The monoisotopic (exact) mass is 334 g/mol. The van der Waals surface area contributed by atoms with Crippen molar-refractivity contribution in [3.05, 3.63) is 0 Å². The van der Waals surface area contributed by atoms with E-state index in [0.29, 0.717) is 13.1 Å². The summed E-state index contributed by atoms with van der Waals surface area (Å²) in [6, 6.07) is 0. The van der Waals surface area contributed by atoms with E-state index >= 15 is 0 Å². The molecule has 0 aliphatic heterocycles. The van der Waals surface area contributed by atoms with Crippen LogP contribution < -0.4 is 0 Å². The predicted octanol–water partition coefficient (Wildman–Crippen LogP) is 5.37. The van der Waals surface area contributed by atoms with Gasteiger partial charge in [0.2, 0.25) is 12.2 Å². The Morgan fingerprint density at radius 1 is 0.583 bits per heavy atom. The summed E-state index contributed by atoms with van der Waals surface area (Å²) in [6.45, 7) is 1.11. The van der Waals surface area contributed by atoms with Gasteiger partial charge in [-0.2, -0.15) is 0 Å². The molecule has 4 heteroatoms. The summed E-state index contributed by atoms with van der Waals surface area (Å²) in [7, 11) is 0. The van der Waals surface area contributed by atoms with E-state index in [4.69, 9.17) is 0 Å². The summed E-state index contributed by atoms with van der Waals surface area (Å²) in [6.07, 6.45) is 22.2. The van der Waals surface area contributed by atoms with Crippen molar-refractivity contribution in [1.29, 1.82) is 0 Å². The lowest BCUT2D eigenvalue weighted by Crippen LogP contribution is -2.20. The van der Waals surface area contributed by atoms with Crippen LogP contribution in [-0.2, 0) is 9.59 Å². The van der Waals surface area contributed by atoms with Gasteiger partial charge in [-0.15, -0.1) is 0 Å². The Bertz CT molecular complexity index is 348. The molecule has 2 aliphatic carbocycles. The maximum atomic E-state index is 9.63. The van der Waals surface area contributed by atoms with Crippen molar-refractivity contribution in [3.63, 3.8) is 0 Å². The zero-order valence-electron chi connectivity index (χ0n) is 15.2. The largest absolute Gasteiger partial charge is 0.234 e. The van der Waals surface area contributed by atoms with Gasteiger partial charge in [0.15, 0.2) is 0 Å². The number of rotatable bonds is 8. The molecule has 0 aromatic carbocycles. The number of unbranched alkanes of at least 4 members (excludes halogenated alkanes) is 3. The van der Waals surface area contributed by atoms with E-state index in [-0.39, 0.29) is 0 Å². The molecule has 0 bridgehead atoms. The zero-order valence-corrected chi connectivity index (χ0v) is 15.2. The van der Waals surface area contributed by atoms with E-state index in [2.05, 4.69) is 9.98 Å². The molecule has 0 aromatic heterocycles. The van der Waals surface area contributed by atoms with Crippen molar-refractivity contribution < 1.29 is 9.59 Å². The Kier molecular flexibility index (Phi) is 13.3. The lowest BCUT2D eigenvalue weighted by molar-refractivity contribution is 0.196. The van der Waals surface area contributed by atoms with Crippen LogP contribution in [0.1, 0.15) is 89.9 Å². The summed E-state index contributed by atoms with van der Waals surface area (Å²) >= 11 is 0. The quantitative estimate of drug-likeness (QED) is 0.340. The van der Waals surface area contributed by atoms with E-state index in [9.17, 15) is 9.59 Å². The van der Waals surface area contributed by atoms with Crippen molar-refractivity contribution >= 4 is 12.2 Å². The Hall–Kier alpha value is -1.24. The molecule has 2 rings (SSSR count). The molecule has 2 fully saturated rings. The summed E-state index contributed by atoms with van der Waals surface area (Å²) in [5.41, 5.74) is 0. The Morgan fingerprint density at radius 2 is 0.958 bits per heavy atom. The van der Waals surface area contributed by atoms with E-state index in [1.54, 1.807) is 25.7 Å². The van der Waals surface area contributed by atoms with Gasteiger partial charge in [-0.05, 0) is 24.7 Å². The van der Waals surface area contributed by atoms with Crippen molar-refractivity contribution in [2.75, 3.05) is 13.1 Å². The van der Waals surface area contributed by atoms with Crippen molar-refractivity contribution in [2.24, 2.45) is 21.8 Å². The average molecular weight is 335 g/mol. The maximum absolute atomic E-state index is 9.63. The van der Waals surface area contributed by atoms with E-state index in [1.807, 2.05) is 0 Å². The Balaban J connectivity index is 0.000000240. The minimum Gasteiger partial charge on any atom is -0.211 e. The van der Waals surface area contributed by atoms with Gasteiger partial charge >= 0.3 is 0 Å². The molecule has 136 valence electrons. The third-order valence-corrected chi connectivity index (χ3v) is 5.39. The molecule has 24 heavy (non-hydrogen) atoms. The van der Waals surface area contributed by atoms with Crippen molar-refractivity contribution in [1.82, 2.24) is 0 Å². The highest BCUT2D eigenvalue weighted by Crippen LogP contribution is 2.37. The number of hydrogen-bond donors (Lipinski definition) is 0. The van der Waals surface area contributed by atoms with Crippen molar-refractivity contribution in [2.45, 2.75) is 89.9 Å². The standard InChI is InChI=1S/C12H22.C8H12N2O2/c1-3-7-11(8-4-1)12-9-5-2-6-10-12;11-7-9-5-3-1-2-4-6-10-8-12/h11-12H,1-10H2;1-6H2. The first-order valence-corrected chi connectivity index (χ1v) is 9.95. The fraction of sp³-hybridized carbons (Fsp3) is 0.900. The minimum atomic E-state index is 0.556. The summed E-state index contributed by atoms with van der Waals surface area (Å²) in [4.78, 5) is 26.1. The van der Waals surface area contributed by atoms with Crippen molar-refractivity contribution in [3.8, 4) is 0 Å². The fourth-order valence-electron chi connectivity index (χ4n) is 4.04. The molecule has 0 heterocycles. The normalized spacial score (nSPS) is 18.7. The first-order chi connectivity index (χ1) is 11.9. The average Bonchev–Trinajstić information content (AvgIpc) is 2.66. The molecule has 0 N–H and O–H groups in total. The molecule has 0 unspecified atom stereocenters. The maximum Gasteiger partial charge on any atom is 0.234 e. The van der Waals surface area contributed by atoms with Crippen LogP contribution in [0.3, 0.4) is 0 Å². The Morgan fingerprint density at radius 3 is 1.29 bits per heavy atom. The van der Waals surface area contributed by atoms with Gasteiger partial charge < -0.3 is 0 Å². The highest BCUT2D eigenvalue weighted by Gasteiger charge is 2.24. The third kappa shape index (κ3) is 10.5. The summed E-state index contributed by atoms with van der Waals surface area (Å²) in [5.74, 6) is 2.28. The predicted molar refractivity (Wildman–Crippen MR) is 97.6 cm³/mol. The molecular formula is C20H34N2O2. The lowest BCUT2D eigenvalue weighted by atomic mass is 9.73. The van der Waals surface area contributed by atoms with E-state index in [1.165, 1.54) is 50.7 Å². The second-order valence-corrected chi connectivity index (χ2v) is 7.16. The molecule has 0 amide bonds. The number of isocyanates is 2. The first-order valence-electron chi connectivity index (χ1n) is 9.95. The molecule has 0 radical (unpaired) electrons. The smallest absolute Gasteiger partial charge is 0.211 e. The molecule has 2 aliphatic rings. The van der Waals surface area contributed by atoms with Gasteiger partial charge in [0.25, 0.3) is 0 Å². The van der Waals surface area contributed by atoms with Gasteiger partial charge in [-0.1, -0.05) is 77.0 Å². The molecule has 0 atom stereocenters. The second-order valence-electron chi connectivity index (χ2n) is 7.16. The highest BCUT2D eigenvalue weighted by atomic mass is 16.1. The van der Waals surface area contributed by atoms with Crippen LogP contribution in [0, 0.1) is 11.8 Å². The second kappa shape index (κ2) is 15.3. The number of hydrogen-bond acceptors (Lipinski definition) is 4. The van der Waals surface area contributed by atoms with Gasteiger partial charge in [0.1, 0.15) is 0 Å². The van der Waals surface area contributed by atoms with Gasteiger partial charge in [-0.3, -0.25) is 0 Å². The first kappa shape index (κ1) is 20.8. The molecule has 4 nitrogen and oxygen atoms in total.